The summed E-state index contributed by atoms with van der Waals surface area (Å²) in [5.41, 5.74) is 5.08. The Kier molecular flexibility index (Phi) is 10.4. The molecule has 0 fully saturated rings. The van der Waals surface area contributed by atoms with E-state index in [9.17, 15) is 0 Å². The van der Waals surface area contributed by atoms with Gasteiger partial charge in [0.25, 0.3) is 0 Å². The molecule has 0 amide bonds. The molecule has 0 N–H and O–H groups in total. The van der Waals surface area contributed by atoms with Crippen molar-refractivity contribution in [3.63, 3.8) is 0 Å². The number of halogens is 1. The van der Waals surface area contributed by atoms with Gasteiger partial charge in [0.05, 0.1) is 26.2 Å². The third kappa shape index (κ3) is 5.06. The van der Waals surface area contributed by atoms with Gasteiger partial charge in [0.2, 0.25) is 12.7 Å². The number of benzene rings is 2. The zero-order chi connectivity index (χ0) is 18.5. The van der Waals surface area contributed by atoms with Gasteiger partial charge in [-0.25, -0.2) is 0 Å². The minimum Gasteiger partial charge on any atom is -1.00 e. The van der Waals surface area contributed by atoms with Crippen LogP contribution in [-0.2, 0) is 48.6 Å². The van der Waals surface area contributed by atoms with Crippen LogP contribution in [0.5, 0.6) is 0 Å². The number of aromatic nitrogens is 4. The Balaban J connectivity index is 0.000000261. The first-order valence-electron chi connectivity index (χ1n) is 9.54. The predicted molar refractivity (Wildman–Crippen MR) is 105 cm³/mol. The summed E-state index contributed by atoms with van der Waals surface area (Å²) in [7, 11) is 0. The van der Waals surface area contributed by atoms with Crippen molar-refractivity contribution < 1.29 is 55.5 Å². The van der Waals surface area contributed by atoms with Crippen LogP contribution >= 0.6 is 0 Å². The standard InChI is InChI=1S/2C11H14N2.Au.HI/c2*1-3-12-9-13(4-2)11-8-6-5-7-10(11)12;;/h2*5-8H,3-4H2,1-2H3;;1H/p-1. The van der Waals surface area contributed by atoms with E-state index in [-0.39, 0.29) is 46.4 Å². The molecule has 155 valence electrons. The Bertz CT molecular complexity index is 848. The number of hydrogen-bond acceptors (Lipinski definition) is 0. The maximum atomic E-state index is 3.32. The maximum absolute atomic E-state index is 3.32. The molecule has 2 aromatic heterocycles. The molecule has 0 aliphatic carbocycles. The normalized spacial score (nSPS) is 10.1. The van der Waals surface area contributed by atoms with Crippen LogP contribution in [0.1, 0.15) is 27.7 Å². The molecule has 4 rings (SSSR count). The van der Waals surface area contributed by atoms with Gasteiger partial charge < -0.3 is 42.2 Å². The number of hydrogen-bond donors (Lipinski definition) is 0. The summed E-state index contributed by atoms with van der Waals surface area (Å²) < 4.78 is 8.61. The largest absolute Gasteiger partial charge is 1.00 e. The van der Waals surface area contributed by atoms with E-state index >= 15 is 0 Å². The molecule has 2 heterocycles. The average Bonchev–Trinajstić information content (AvgIpc) is 3.26. The van der Waals surface area contributed by atoms with Gasteiger partial charge in [-0.1, -0.05) is 48.5 Å². The van der Waals surface area contributed by atoms with Crippen LogP contribution in [0.3, 0.4) is 0 Å². The molecule has 0 bridgehead atoms. The maximum Gasteiger partial charge on any atom is 0.204 e. The Morgan fingerprint density at radius 2 is 1.04 bits per heavy atom. The smallest absolute Gasteiger partial charge is 0.204 e. The molecule has 4 nitrogen and oxygen atoms in total. The van der Waals surface area contributed by atoms with Crippen LogP contribution in [0.2, 0.25) is 0 Å². The number of fused-ring (bicyclic) bond motifs is 2. The Labute approximate surface area is 200 Å². The second kappa shape index (κ2) is 11.8. The minimum absolute atomic E-state index is 0. The van der Waals surface area contributed by atoms with Crippen molar-refractivity contribution in [3.05, 3.63) is 61.2 Å². The SMILES string of the molecule is CCn1[c-][n+](CC)c2ccccc21.CCn1[c-][n+](CC)c2ccccc21.[Au].[I-]. The van der Waals surface area contributed by atoms with Crippen LogP contribution < -0.4 is 33.1 Å². The molecule has 0 unspecified atom stereocenters. The summed E-state index contributed by atoms with van der Waals surface area (Å²) in [5.74, 6) is 0. The van der Waals surface area contributed by atoms with E-state index in [0.717, 1.165) is 26.2 Å². The first-order valence-corrected chi connectivity index (χ1v) is 9.54. The third-order valence-electron chi connectivity index (χ3n) is 4.67. The quantitative estimate of drug-likeness (QED) is 0.131. The molecule has 0 atom stereocenters. The van der Waals surface area contributed by atoms with E-state index in [0.29, 0.717) is 0 Å². The van der Waals surface area contributed by atoms with Crippen molar-refractivity contribution in [2.45, 2.75) is 53.9 Å². The van der Waals surface area contributed by atoms with Crippen molar-refractivity contribution >= 4 is 22.1 Å². The van der Waals surface area contributed by atoms with Gasteiger partial charge >= 0.3 is 0 Å². The van der Waals surface area contributed by atoms with E-state index in [1.807, 2.05) is 0 Å². The van der Waals surface area contributed by atoms with E-state index in [2.05, 4.69) is 107 Å². The first kappa shape index (κ1) is 24.9. The van der Waals surface area contributed by atoms with Gasteiger partial charge in [-0.05, 0) is 27.7 Å². The molecule has 6 heteroatoms. The molecule has 28 heavy (non-hydrogen) atoms. The molecule has 0 saturated heterocycles. The topological polar surface area (TPSA) is 17.6 Å². The summed E-state index contributed by atoms with van der Waals surface area (Å²) in [6.07, 6.45) is 6.64. The van der Waals surface area contributed by atoms with Crippen LogP contribution in [0.4, 0.5) is 0 Å². The Hall–Kier alpha value is -1.15. The molecule has 2 aromatic carbocycles. The van der Waals surface area contributed by atoms with Crippen LogP contribution in [0, 0.1) is 12.7 Å². The van der Waals surface area contributed by atoms with Crippen LogP contribution in [-0.4, -0.2) is 9.13 Å². The van der Waals surface area contributed by atoms with Gasteiger partial charge in [0.15, 0.2) is 0 Å². The molecule has 0 aliphatic rings. The fourth-order valence-electron chi connectivity index (χ4n) is 3.31. The van der Waals surface area contributed by atoms with Crippen molar-refractivity contribution in [2.75, 3.05) is 0 Å². The van der Waals surface area contributed by atoms with E-state index in [4.69, 9.17) is 0 Å². The third-order valence-corrected chi connectivity index (χ3v) is 4.67. The second-order valence-electron chi connectivity index (χ2n) is 6.15. The number of nitrogens with zero attached hydrogens (tertiary/aromatic N) is 4. The number of aryl methyl sites for hydroxylation is 4. The van der Waals surface area contributed by atoms with Crippen molar-refractivity contribution in [2.24, 2.45) is 0 Å². The molecule has 1 radical (unpaired) electrons. The minimum atomic E-state index is 0. The number of para-hydroxylation sites is 4. The summed E-state index contributed by atoms with van der Waals surface area (Å²) in [6, 6.07) is 16.8. The monoisotopic (exact) mass is 672 g/mol. The van der Waals surface area contributed by atoms with Crippen molar-refractivity contribution in [3.8, 4) is 0 Å². The van der Waals surface area contributed by atoms with E-state index < -0.39 is 0 Å². The summed E-state index contributed by atoms with van der Waals surface area (Å²) in [6.45, 7) is 12.5. The van der Waals surface area contributed by atoms with E-state index in [1.54, 1.807) is 0 Å². The van der Waals surface area contributed by atoms with Crippen LogP contribution in [0.25, 0.3) is 22.1 Å². The second-order valence-corrected chi connectivity index (χ2v) is 6.15. The Morgan fingerprint density at radius 1 is 0.679 bits per heavy atom. The summed E-state index contributed by atoms with van der Waals surface area (Å²) in [5, 5.41) is 0. The van der Waals surface area contributed by atoms with Crippen molar-refractivity contribution in [1.29, 1.82) is 0 Å². The summed E-state index contributed by atoms with van der Waals surface area (Å²) >= 11 is 0. The van der Waals surface area contributed by atoms with Crippen LogP contribution in [0.15, 0.2) is 48.5 Å². The van der Waals surface area contributed by atoms with Gasteiger partial charge in [-0.3, -0.25) is 0 Å². The molecule has 0 saturated carbocycles. The van der Waals surface area contributed by atoms with Gasteiger partial charge in [0, 0.05) is 44.4 Å². The molecular weight excluding hydrogens is 644 g/mol. The van der Waals surface area contributed by atoms with Gasteiger partial charge in [0.1, 0.15) is 0 Å². The number of rotatable bonds is 4. The Morgan fingerprint density at radius 3 is 1.36 bits per heavy atom. The zero-order valence-corrected chi connectivity index (χ0v) is 21.2. The number of imidazole rings is 2. The first-order chi connectivity index (χ1) is 12.7. The molecule has 0 spiro atoms. The molecule has 4 aromatic rings. The summed E-state index contributed by atoms with van der Waals surface area (Å²) in [4.78, 5) is 0. The van der Waals surface area contributed by atoms with Gasteiger partial charge in [-0.15, -0.1) is 0 Å². The van der Waals surface area contributed by atoms with Gasteiger partial charge in [-0.2, -0.15) is 0 Å². The van der Waals surface area contributed by atoms with Crippen molar-refractivity contribution in [1.82, 2.24) is 9.13 Å². The zero-order valence-electron chi connectivity index (χ0n) is 16.9. The van der Waals surface area contributed by atoms with E-state index in [1.165, 1.54) is 22.1 Å². The fraction of sp³-hybridized carbons (Fsp3) is 0.364. The molecular formula is C22H28AuIN4-. The predicted octanol–water partition coefficient (Wildman–Crippen LogP) is 0.539. The fourth-order valence-corrected chi connectivity index (χ4v) is 3.31. The average molecular weight is 672 g/mol. The molecule has 0 aliphatic heterocycles.